The zero-order valence-corrected chi connectivity index (χ0v) is 18.5. The summed E-state index contributed by atoms with van der Waals surface area (Å²) >= 11 is 1.49. The van der Waals surface area contributed by atoms with E-state index in [1.165, 1.54) is 22.9 Å². The van der Waals surface area contributed by atoms with E-state index in [1.54, 1.807) is 12.1 Å². The highest BCUT2D eigenvalue weighted by Gasteiger charge is 2.33. The number of benzene rings is 1. The van der Waals surface area contributed by atoms with E-state index >= 15 is 0 Å². The Morgan fingerprint density at radius 2 is 2.06 bits per heavy atom. The van der Waals surface area contributed by atoms with Gasteiger partial charge in [0.1, 0.15) is 6.04 Å². The number of anilines is 1. The number of nitriles is 1. The molecule has 2 aliphatic rings. The molecule has 2 aliphatic heterocycles. The van der Waals surface area contributed by atoms with Crippen LogP contribution in [0, 0.1) is 17.2 Å². The van der Waals surface area contributed by atoms with E-state index in [2.05, 4.69) is 16.4 Å². The Labute approximate surface area is 192 Å². The first kappa shape index (κ1) is 23.2. The molecule has 2 amide bonds. The first-order chi connectivity index (χ1) is 15.7. The van der Waals surface area contributed by atoms with Gasteiger partial charge in [-0.3, -0.25) is 14.6 Å². The van der Waals surface area contributed by atoms with Gasteiger partial charge in [-0.05, 0) is 36.6 Å². The molecule has 1 atom stereocenters. The predicted octanol–water partition coefficient (Wildman–Crippen LogP) is 3.17. The molecule has 2 fully saturated rings. The number of hydrogen-bond donors (Lipinski definition) is 1. The standard InChI is InChI=1S/C22H22F3N5O2S/c23-22(24,25)5-3-14-10-29(11-14)15-1-2-19-18(7-15)17(4-6-27-19)21(32)28-9-20(31)30-13-33-12-16(30)8-26/h1-2,4,6-7,14,16H,3,5,9-13H2,(H,28,32)/t16-/m1/s1. The molecule has 0 saturated carbocycles. The summed E-state index contributed by atoms with van der Waals surface area (Å²) in [4.78, 5) is 32.9. The molecule has 11 heteroatoms. The van der Waals surface area contributed by atoms with Crippen molar-refractivity contribution in [2.45, 2.75) is 25.1 Å². The lowest BCUT2D eigenvalue weighted by Crippen LogP contribution is -2.47. The van der Waals surface area contributed by atoms with Gasteiger partial charge < -0.3 is 15.1 Å². The highest BCUT2D eigenvalue weighted by Crippen LogP contribution is 2.33. The summed E-state index contributed by atoms with van der Waals surface area (Å²) in [7, 11) is 0. The Hall–Kier alpha value is -3.00. The largest absolute Gasteiger partial charge is 0.389 e. The van der Waals surface area contributed by atoms with Crippen LogP contribution in [0.3, 0.4) is 0 Å². The van der Waals surface area contributed by atoms with Gasteiger partial charge in [0, 0.05) is 42.5 Å². The maximum Gasteiger partial charge on any atom is 0.389 e. The Kier molecular flexibility index (Phi) is 6.65. The van der Waals surface area contributed by atoms with Gasteiger partial charge in [0.05, 0.1) is 29.6 Å². The zero-order chi connectivity index (χ0) is 23.6. The van der Waals surface area contributed by atoms with E-state index in [-0.39, 0.29) is 24.8 Å². The number of pyridine rings is 1. The van der Waals surface area contributed by atoms with E-state index in [1.807, 2.05) is 17.0 Å². The van der Waals surface area contributed by atoms with E-state index in [4.69, 9.17) is 5.26 Å². The Morgan fingerprint density at radius 1 is 1.27 bits per heavy atom. The first-order valence-electron chi connectivity index (χ1n) is 10.5. The number of fused-ring (bicyclic) bond motifs is 1. The smallest absolute Gasteiger partial charge is 0.371 e. The third-order valence-corrected chi connectivity index (χ3v) is 6.89. The van der Waals surface area contributed by atoms with Crippen LogP contribution in [-0.4, -0.2) is 65.2 Å². The second kappa shape index (κ2) is 9.47. The van der Waals surface area contributed by atoms with Crippen LogP contribution in [0.25, 0.3) is 10.9 Å². The van der Waals surface area contributed by atoms with Crippen molar-refractivity contribution >= 4 is 40.2 Å². The number of halogens is 3. The van der Waals surface area contributed by atoms with Gasteiger partial charge in [0.2, 0.25) is 5.91 Å². The molecule has 174 valence electrons. The highest BCUT2D eigenvalue weighted by atomic mass is 32.2. The number of nitrogens with one attached hydrogen (secondary N) is 1. The molecule has 1 aromatic carbocycles. The number of hydrogen-bond acceptors (Lipinski definition) is 6. The number of carbonyl (C=O) groups excluding carboxylic acids is 2. The SMILES string of the molecule is N#C[C@@H]1CSCN1C(=O)CNC(=O)c1ccnc2ccc(N3CC(CCC(F)(F)F)C3)cc12. The molecular formula is C22H22F3N5O2S. The summed E-state index contributed by atoms with van der Waals surface area (Å²) in [6, 6.07) is 8.59. The molecule has 7 nitrogen and oxygen atoms in total. The minimum absolute atomic E-state index is 0.00834. The van der Waals surface area contributed by atoms with Crippen LogP contribution in [0.2, 0.25) is 0 Å². The highest BCUT2D eigenvalue weighted by molar-refractivity contribution is 7.99. The van der Waals surface area contributed by atoms with Crippen LogP contribution < -0.4 is 10.2 Å². The Bertz CT molecular complexity index is 1100. The summed E-state index contributed by atoms with van der Waals surface area (Å²) in [5.74, 6) is 0.228. The molecule has 0 unspecified atom stereocenters. The number of thioether (sulfide) groups is 1. The van der Waals surface area contributed by atoms with Crippen LogP contribution in [0.5, 0.6) is 0 Å². The van der Waals surface area contributed by atoms with Crippen LogP contribution in [0.15, 0.2) is 30.5 Å². The molecule has 0 radical (unpaired) electrons. The van der Waals surface area contributed by atoms with Crippen molar-refractivity contribution in [3.8, 4) is 6.07 Å². The van der Waals surface area contributed by atoms with E-state index in [0.717, 1.165) is 5.69 Å². The Balaban J connectivity index is 1.41. The fourth-order valence-electron chi connectivity index (χ4n) is 4.01. The van der Waals surface area contributed by atoms with Crippen molar-refractivity contribution in [1.29, 1.82) is 5.26 Å². The summed E-state index contributed by atoms with van der Waals surface area (Å²) in [5, 5.41) is 12.4. The van der Waals surface area contributed by atoms with Crippen LogP contribution in [0.4, 0.5) is 18.9 Å². The summed E-state index contributed by atoms with van der Waals surface area (Å²) < 4.78 is 37.3. The predicted molar refractivity (Wildman–Crippen MR) is 119 cm³/mol. The summed E-state index contributed by atoms with van der Waals surface area (Å²) in [5.41, 5.74) is 1.78. The fourth-order valence-corrected chi connectivity index (χ4v) is 5.11. The maximum absolute atomic E-state index is 12.8. The van der Waals surface area contributed by atoms with Gasteiger partial charge in [-0.2, -0.15) is 18.4 Å². The number of carbonyl (C=O) groups is 2. The molecule has 0 spiro atoms. The molecule has 2 aromatic rings. The molecule has 3 heterocycles. The van der Waals surface area contributed by atoms with Gasteiger partial charge in [0.25, 0.3) is 5.91 Å². The van der Waals surface area contributed by atoms with Gasteiger partial charge in [-0.25, -0.2) is 0 Å². The molecule has 1 aromatic heterocycles. The molecule has 0 bridgehead atoms. The molecule has 33 heavy (non-hydrogen) atoms. The third-order valence-electron chi connectivity index (χ3n) is 5.88. The topological polar surface area (TPSA) is 89.3 Å². The second-order valence-corrected chi connectivity index (χ2v) is 9.18. The fraction of sp³-hybridized carbons (Fsp3) is 0.455. The maximum atomic E-state index is 12.8. The van der Waals surface area contributed by atoms with Gasteiger partial charge in [-0.15, -0.1) is 11.8 Å². The molecule has 4 rings (SSSR count). The van der Waals surface area contributed by atoms with Crippen LogP contribution in [0.1, 0.15) is 23.2 Å². The van der Waals surface area contributed by atoms with Crippen LogP contribution in [-0.2, 0) is 4.79 Å². The van der Waals surface area contributed by atoms with Gasteiger partial charge in [0.15, 0.2) is 0 Å². The van der Waals surface area contributed by atoms with Crippen molar-refractivity contribution in [3.05, 3.63) is 36.0 Å². The average Bonchev–Trinajstić information content (AvgIpc) is 3.24. The molecular weight excluding hydrogens is 455 g/mol. The number of aromatic nitrogens is 1. The summed E-state index contributed by atoms with van der Waals surface area (Å²) in [6.45, 7) is 0.853. The molecule has 1 N–H and O–H groups in total. The average molecular weight is 478 g/mol. The number of amides is 2. The van der Waals surface area contributed by atoms with Crippen LogP contribution >= 0.6 is 11.8 Å². The number of nitrogens with zero attached hydrogens (tertiary/aromatic N) is 4. The van der Waals surface area contributed by atoms with E-state index in [9.17, 15) is 22.8 Å². The second-order valence-electron chi connectivity index (χ2n) is 8.18. The van der Waals surface area contributed by atoms with Gasteiger partial charge >= 0.3 is 6.18 Å². The first-order valence-corrected chi connectivity index (χ1v) is 11.7. The summed E-state index contributed by atoms with van der Waals surface area (Å²) in [6.07, 6.45) is -3.29. The van der Waals surface area contributed by atoms with Crippen molar-refractivity contribution in [2.75, 3.05) is 36.2 Å². The minimum atomic E-state index is -4.14. The van der Waals surface area contributed by atoms with Crippen molar-refractivity contribution < 1.29 is 22.8 Å². The lowest BCUT2D eigenvalue weighted by Gasteiger charge is -2.41. The monoisotopic (exact) mass is 477 g/mol. The lowest BCUT2D eigenvalue weighted by atomic mass is 9.93. The van der Waals surface area contributed by atoms with Crippen molar-refractivity contribution in [1.82, 2.24) is 15.2 Å². The lowest BCUT2D eigenvalue weighted by molar-refractivity contribution is -0.138. The minimum Gasteiger partial charge on any atom is -0.371 e. The normalized spacial score (nSPS) is 18.8. The van der Waals surface area contributed by atoms with Crippen molar-refractivity contribution in [2.24, 2.45) is 5.92 Å². The molecule has 2 saturated heterocycles. The quantitative estimate of drug-likeness (QED) is 0.688. The number of rotatable bonds is 6. The number of alkyl halides is 3. The zero-order valence-electron chi connectivity index (χ0n) is 17.6. The third kappa shape index (κ3) is 5.33. The Morgan fingerprint density at radius 3 is 2.79 bits per heavy atom. The van der Waals surface area contributed by atoms with E-state index < -0.39 is 24.5 Å². The van der Waals surface area contributed by atoms with Gasteiger partial charge in [-0.1, -0.05) is 0 Å². The van der Waals surface area contributed by atoms with E-state index in [0.29, 0.717) is 41.2 Å². The van der Waals surface area contributed by atoms with Crippen molar-refractivity contribution in [3.63, 3.8) is 0 Å². The molecule has 0 aliphatic carbocycles.